The quantitative estimate of drug-likeness (QED) is 0.0652. The molecular formula is C28H41N9O6S. The van der Waals surface area contributed by atoms with Crippen LogP contribution >= 0.6 is 0 Å². The molecule has 0 heterocycles. The molecule has 2 amide bonds. The van der Waals surface area contributed by atoms with Crippen molar-refractivity contribution in [3.8, 4) is 0 Å². The number of carboxylic acids is 1. The molecule has 0 unspecified atom stereocenters. The summed E-state index contributed by atoms with van der Waals surface area (Å²) in [6.07, 6.45) is 1.21. The van der Waals surface area contributed by atoms with Crippen molar-refractivity contribution in [2.24, 2.45) is 38.8 Å². The lowest BCUT2D eigenvalue weighted by molar-refractivity contribution is -0.130. The minimum Gasteiger partial charge on any atom is -0.478 e. The van der Waals surface area contributed by atoms with Gasteiger partial charge in [-0.3, -0.25) is 19.3 Å². The second-order valence-corrected chi connectivity index (χ2v) is 11.9. The Morgan fingerprint density at radius 2 is 1.64 bits per heavy atom. The van der Waals surface area contributed by atoms with Crippen LogP contribution in [-0.2, 0) is 31.9 Å². The summed E-state index contributed by atoms with van der Waals surface area (Å²) in [6.45, 7) is 4.08. The van der Waals surface area contributed by atoms with E-state index in [-0.39, 0.29) is 36.1 Å². The lowest BCUT2D eigenvalue weighted by Gasteiger charge is -2.26. The van der Waals surface area contributed by atoms with Crippen LogP contribution < -0.4 is 38.3 Å². The molecule has 44 heavy (non-hydrogen) atoms. The number of rotatable bonds is 17. The first kappa shape index (κ1) is 35.5. The van der Waals surface area contributed by atoms with E-state index in [1.807, 2.05) is 4.72 Å². The fraction of sp³-hybridized carbons (Fsp3) is 0.393. The summed E-state index contributed by atoms with van der Waals surface area (Å²) in [5.74, 6) is -3.84. The highest BCUT2D eigenvalue weighted by Crippen LogP contribution is 2.15. The zero-order valence-electron chi connectivity index (χ0n) is 24.7. The number of aromatic carboxylic acids is 1. The van der Waals surface area contributed by atoms with E-state index in [1.54, 1.807) is 38.1 Å². The van der Waals surface area contributed by atoms with Gasteiger partial charge >= 0.3 is 5.97 Å². The van der Waals surface area contributed by atoms with Gasteiger partial charge in [0, 0.05) is 13.1 Å². The van der Waals surface area contributed by atoms with Crippen LogP contribution in [0.25, 0.3) is 0 Å². The van der Waals surface area contributed by atoms with Gasteiger partial charge in [-0.25, -0.2) is 18.2 Å². The van der Waals surface area contributed by atoms with Gasteiger partial charge in [-0.2, -0.15) is 0 Å². The van der Waals surface area contributed by atoms with Crippen molar-refractivity contribution in [1.82, 2.24) is 15.4 Å². The van der Waals surface area contributed by atoms with Crippen LogP contribution in [0.1, 0.15) is 54.6 Å². The van der Waals surface area contributed by atoms with Crippen LogP contribution in [0.3, 0.4) is 0 Å². The Kier molecular flexibility index (Phi) is 13.6. The van der Waals surface area contributed by atoms with Gasteiger partial charge in [-0.15, -0.1) is 0 Å². The number of nitrogens with zero attached hydrogens (tertiary/aromatic N) is 2. The monoisotopic (exact) mass is 631 g/mol. The molecule has 0 bridgehead atoms. The lowest BCUT2D eigenvalue weighted by atomic mass is 9.98. The van der Waals surface area contributed by atoms with Gasteiger partial charge < -0.3 is 38.7 Å². The van der Waals surface area contributed by atoms with Gasteiger partial charge in [0.1, 0.15) is 6.04 Å². The first-order valence-corrected chi connectivity index (χ1v) is 15.5. The number of sulfonamides is 1. The Morgan fingerprint density at radius 3 is 2.23 bits per heavy atom. The summed E-state index contributed by atoms with van der Waals surface area (Å²) in [4.78, 5) is 45.8. The normalized spacial score (nSPS) is 13.1. The number of amides is 2. The first-order chi connectivity index (χ1) is 20.7. The molecule has 15 nitrogen and oxygen atoms in total. The molecule has 0 aromatic heterocycles. The number of nitrogens with one attached hydrogen (secondary N) is 3. The number of carboxylic acid groups (broad SMARTS) is 1. The van der Waals surface area contributed by atoms with Crippen molar-refractivity contribution in [2.75, 3.05) is 6.54 Å². The SMILES string of the molecule is CC[C@@H](C)[C@@H](NC(=O)[C@H](CCCN=C(N)N)NCc1ccc(N=C(N)N)cc1)C(=O)NS(=O)(=O)Cc1cccc(C(=O)O)c1. The maximum absolute atomic E-state index is 13.5. The van der Waals surface area contributed by atoms with E-state index < -0.39 is 51.6 Å². The van der Waals surface area contributed by atoms with E-state index in [0.717, 1.165) is 5.56 Å². The number of carbonyl (C=O) groups excluding carboxylic acids is 2. The highest BCUT2D eigenvalue weighted by Gasteiger charge is 2.31. The van der Waals surface area contributed by atoms with E-state index in [9.17, 15) is 27.9 Å². The summed E-state index contributed by atoms with van der Waals surface area (Å²) in [5.41, 5.74) is 23.1. The Balaban J connectivity index is 2.18. The summed E-state index contributed by atoms with van der Waals surface area (Å²) in [5, 5.41) is 15.1. The summed E-state index contributed by atoms with van der Waals surface area (Å²) in [7, 11) is -4.22. The third kappa shape index (κ3) is 12.3. The molecule has 0 aliphatic rings. The lowest BCUT2D eigenvalue weighted by Crippen LogP contribution is -2.55. The maximum atomic E-state index is 13.5. The standard InChI is InChI=1S/C28H41N9O6S/c1-3-17(2)23(25(39)37-44(42,43)16-19-6-4-7-20(14-19)26(40)41)36-24(38)22(8-5-13-33-27(29)30)34-15-18-9-11-21(12-10-18)35-28(31)32/h4,6-7,9-12,14,17,22-23,34H,3,5,8,13,15-16H2,1-2H3,(H,36,38)(H,37,39)(H,40,41)(H4,29,30,33)(H4,31,32,35)/t17-,22+,23-/m1/s1. The Morgan fingerprint density at radius 1 is 0.955 bits per heavy atom. The molecule has 3 atom stereocenters. The predicted molar refractivity (Wildman–Crippen MR) is 168 cm³/mol. The van der Waals surface area contributed by atoms with Crippen molar-refractivity contribution >= 4 is 45.4 Å². The number of aliphatic imine (C=N–C) groups is 2. The van der Waals surface area contributed by atoms with Crippen LogP contribution in [0.15, 0.2) is 58.5 Å². The Hall–Kier alpha value is -4.70. The molecule has 2 aromatic carbocycles. The van der Waals surface area contributed by atoms with E-state index in [4.69, 9.17) is 22.9 Å². The summed E-state index contributed by atoms with van der Waals surface area (Å²) < 4.78 is 27.7. The molecule has 12 N–H and O–H groups in total. The van der Waals surface area contributed by atoms with Crippen LogP contribution in [0.5, 0.6) is 0 Å². The number of guanidine groups is 2. The van der Waals surface area contributed by atoms with Crippen molar-refractivity contribution in [2.45, 2.75) is 57.5 Å². The molecule has 0 saturated carbocycles. The third-order valence-electron chi connectivity index (χ3n) is 6.59. The number of nitrogens with two attached hydrogens (primary N) is 4. The second-order valence-electron chi connectivity index (χ2n) is 10.2. The molecule has 0 spiro atoms. The molecule has 16 heteroatoms. The zero-order chi connectivity index (χ0) is 32.9. The van der Waals surface area contributed by atoms with Gasteiger partial charge in [0.05, 0.1) is 23.0 Å². The van der Waals surface area contributed by atoms with Crippen LogP contribution in [-0.4, -0.2) is 61.9 Å². The average molecular weight is 632 g/mol. The molecule has 0 aliphatic heterocycles. The average Bonchev–Trinajstić information content (AvgIpc) is 2.94. The van der Waals surface area contributed by atoms with Crippen molar-refractivity contribution < 1.29 is 27.9 Å². The van der Waals surface area contributed by atoms with Crippen molar-refractivity contribution in [3.63, 3.8) is 0 Å². The predicted octanol–water partition coefficient (Wildman–Crippen LogP) is -0.0214. The Bertz CT molecular complexity index is 1450. The zero-order valence-corrected chi connectivity index (χ0v) is 25.5. The maximum Gasteiger partial charge on any atom is 0.335 e. The molecule has 240 valence electrons. The van der Waals surface area contributed by atoms with Gasteiger partial charge in [0.15, 0.2) is 11.9 Å². The van der Waals surface area contributed by atoms with E-state index >= 15 is 0 Å². The minimum absolute atomic E-state index is 0.0755. The van der Waals surface area contributed by atoms with Gasteiger partial charge in [-0.1, -0.05) is 44.5 Å². The fourth-order valence-corrected chi connectivity index (χ4v) is 5.25. The highest BCUT2D eigenvalue weighted by atomic mass is 32.2. The largest absolute Gasteiger partial charge is 0.478 e. The van der Waals surface area contributed by atoms with E-state index in [1.165, 1.54) is 24.3 Å². The van der Waals surface area contributed by atoms with Gasteiger partial charge in [0.2, 0.25) is 15.9 Å². The topological polar surface area (TPSA) is 270 Å². The number of benzene rings is 2. The summed E-state index contributed by atoms with van der Waals surface area (Å²) >= 11 is 0. The number of hydrogen-bond acceptors (Lipinski definition) is 8. The molecule has 2 aromatic rings. The van der Waals surface area contributed by atoms with Crippen LogP contribution in [0, 0.1) is 5.92 Å². The first-order valence-electron chi connectivity index (χ1n) is 13.8. The van der Waals surface area contributed by atoms with Gasteiger partial charge in [0.25, 0.3) is 5.91 Å². The summed E-state index contributed by atoms with van der Waals surface area (Å²) in [6, 6.07) is 10.4. The number of carbonyl (C=O) groups is 3. The molecule has 0 fully saturated rings. The van der Waals surface area contributed by atoms with Crippen LogP contribution in [0.4, 0.5) is 5.69 Å². The molecular weight excluding hydrogens is 590 g/mol. The third-order valence-corrected chi connectivity index (χ3v) is 7.81. The number of hydrogen-bond donors (Lipinski definition) is 8. The van der Waals surface area contributed by atoms with Crippen molar-refractivity contribution in [3.05, 3.63) is 65.2 Å². The molecule has 2 rings (SSSR count). The van der Waals surface area contributed by atoms with Crippen LogP contribution in [0.2, 0.25) is 0 Å². The van der Waals surface area contributed by atoms with Crippen molar-refractivity contribution in [1.29, 1.82) is 0 Å². The highest BCUT2D eigenvalue weighted by molar-refractivity contribution is 7.89. The van der Waals surface area contributed by atoms with E-state index in [2.05, 4.69) is 20.6 Å². The molecule has 0 saturated heterocycles. The smallest absolute Gasteiger partial charge is 0.335 e. The Labute approximate surface area is 256 Å². The van der Waals surface area contributed by atoms with E-state index in [0.29, 0.717) is 24.9 Å². The minimum atomic E-state index is -4.22. The molecule has 0 aliphatic carbocycles. The molecule has 0 radical (unpaired) electrons. The van der Waals surface area contributed by atoms with Gasteiger partial charge in [-0.05, 0) is 54.2 Å². The fourth-order valence-electron chi connectivity index (χ4n) is 4.13. The second kappa shape index (κ2) is 16.8.